The summed E-state index contributed by atoms with van der Waals surface area (Å²) in [5.41, 5.74) is 0. The number of carboxylic acids is 1. The highest BCUT2D eigenvalue weighted by Crippen LogP contribution is 2.20. The number of carboxylic acid groups (broad SMARTS) is 1. The molecule has 1 rings (SSSR count). The molecule has 92 valence electrons. The van der Waals surface area contributed by atoms with E-state index >= 15 is 0 Å². The highest BCUT2D eigenvalue weighted by Gasteiger charge is 2.11. The molecule has 3 N–H and O–H groups in total. The third kappa shape index (κ3) is 4.19. The Hall–Kier alpha value is -1.96. The standard InChI is InChI=1S/C9H10N2O5S/c1-10-9(15)11-6(12)4-17-7-3-2-5(16-7)8(13)14/h2-3H,4H2,1H3,(H,13,14)(H2,10,11,12,15). The van der Waals surface area contributed by atoms with Gasteiger partial charge in [-0.3, -0.25) is 10.1 Å². The number of aromatic carboxylic acids is 1. The molecule has 0 saturated carbocycles. The summed E-state index contributed by atoms with van der Waals surface area (Å²) in [7, 11) is 1.39. The first-order chi connectivity index (χ1) is 8.02. The summed E-state index contributed by atoms with van der Waals surface area (Å²) < 4.78 is 4.91. The van der Waals surface area contributed by atoms with Crippen molar-refractivity contribution in [3.63, 3.8) is 0 Å². The summed E-state index contributed by atoms with van der Waals surface area (Å²) in [5, 5.41) is 13.2. The van der Waals surface area contributed by atoms with Crippen LogP contribution in [-0.4, -0.2) is 35.8 Å². The van der Waals surface area contributed by atoms with E-state index in [0.29, 0.717) is 5.09 Å². The topological polar surface area (TPSA) is 109 Å². The molecule has 0 aromatic carbocycles. The van der Waals surface area contributed by atoms with Crippen LogP contribution in [0.5, 0.6) is 0 Å². The second kappa shape index (κ2) is 5.94. The highest BCUT2D eigenvalue weighted by atomic mass is 32.2. The predicted octanol–water partition coefficient (Wildman–Crippen LogP) is 0.526. The molecule has 0 saturated heterocycles. The van der Waals surface area contributed by atoms with Gasteiger partial charge in [0.25, 0.3) is 0 Å². The van der Waals surface area contributed by atoms with Gasteiger partial charge in [0.1, 0.15) is 0 Å². The van der Waals surface area contributed by atoms with E-state index < -0.39 is 17.9 Å². The molecule has 7 nitrogen and oxygen atoms in total. The molecule has 0 atom stereocenters. The molecule has 1 aromatic rings. The summed E-state index contributed by atoms with van der Waals surface area (Å²) in [4.78, 5) is 32.5. The number of urea groups is 1. The van der Waals surface area contributed by atoms with Crippen molar-refractivity contribution in [2.45, 2.75) is 5.09 Å². The zero-order valence-electron chi connectivity index (χ0n) is 8.85. The SMILES string of the molecule is CNC(=O)NC(=O)CSc1ccc(C(=O)O)o1. The Morgan fingerprint density at radius 2 is 2.12 bits per heavy atom. The van der Waals surface area contributed by atoms with E-state index in [-0.39, 0.29) is 11.5 Å². The zero-order valence-corrected chi connectivity index (χ0v) is 9.67. The molecule has 17 heavy (non-hydrogen) atoms. The lowest BCUT2D eigenvalue weighted by molar-refractivity contribution is -0.117. The monoisotopic (exact) mass is 258 g/mol. The van der Waals surface area contributed by atoms with Crippen LogP contribution in [0.15, 0.2) is 21.6 Å². The van der Waals surface area contributed by atoms with Crippen molar-refractivity contribution in [1.29, 1.82) is 0 Å². The minimum Gasteiger partial charge on any atom is -0.475 e. The smallest absolute Gasteiger partial charge is 0.371 e. The Balaban J connectivity index is 2.42. The molecule has 0 bridgehead atoms. The fraction of sp³-hybridized carbons (Fsp3) is 0.222. The van der Waals surface area contributed by atoms with Crippen LogP contribution in [0.1, 0.15) is 10.6 Å². The van der Waals surface area contributed by atoms with Crippen LogP contribution in [0.3, 0.4) is 0 Å². The number of carbonyl (C=O) groups excluding carboxylic acids is 2. The van der Waals surface area contributed by atoms with Gasteiger partial charge in [0.05, 0.1) is 5.75 Å². The molecule has 0 spiro atoms. The van der Waals surface area contributed by atoms with E-state index in [1.54, 1.807) is 0 Å². The Morgan fingerprint density at radius 1 is 1.41 bits per heavy atom. The Kier molecular flexibility index (Phi) is 4.58. The molecule has 0 fully saturated rings. The molecule has 0 aliphatic carbocycles. The molecular weight excluding hydrogens is 248 g/mol. The van der Waals surface area contributed by atoms with Gasteiger partial charge in [-0.25, -0.2) is 9.59 Å². The van der Waals surface area contributed by atoms with Crippen LogP contribution in [0.25, 0.3) is 0 Å². The maximum absolute atomic E-state index is 11.2. The summed E-state index contributed by atoms with van der Waals surface area (Å²) in [6.07, 6.45) is 0. The molecule has 1 aromatic heterocycles. The van der Waals surface area contributed by atoms with Gasteiger partial charge in [-0.1, -0.05) is 11.8 Å². The van der Waals surface area contributed by atoms with Crippen LogP contribution in [-0.2, 0) is 4.79 Å². The number of thioether (sulfide) groups is 1. The van der Waals surface area contributed by atoms with Gasteiger partial charge in [-0.05, 0) is 12.1 Å². The van der Waals surface area contributed by atoms with Gasteiger partial charge in [0, 0.05) is 7.05 Å². The van der Waals surface area contributed by atoms with E-state index in [0.717, 1.165) is 11.8 Å². The predicted molar refractivity (Wildman–Crippen MR) is 59.0 cm³/mol. The maximum atomic E-state index is 11.2. The quantitative estimate of drug-likeness (QED) is 0.679. The van der Waals surface area contributed by atoms with Crippen LogP contribution in [0, 0.1) is 0 Å². The van der Waals surface area contributed by atoms with E-state index in [1.165, 1.54) is 19.2 Å². The molecular formula is C9H10N2O5S. The first kappa shape index (κ1) is 13.1. The van der Waals surface area contributed by atoms with Gasteiger partial charge >= 0.3 is 12.0 Å². The molecule has 0 radical (unpaired) electrons. The first-order valence-electron chi connectivity index (χ1n) is 4.50. The largest absolute Gasteiger partial charge is 0.475 e. The normalized spacial score (nSPS) is 9.71. The van der Waals surface area contributed by atoms with Gasteiger partial charge < -0.3 is 14.8 Å². The number of hydrogen-bond acceptors (Lipinski definition) is 5. The third-order valence-corrected chi connectivity index (χ3v) is 2.53. The third-order valence-electron chi connectivity index (χ3n) is 1.62. The van der Waals surface area contributed by atoms with Crippen molar-refractivity contribution < 1.29 is 23.9 Å². The van der Waals surface area contributed by atoms with Gasteiger partial charge in [-0.2, -0.15) is 0 Å². The lowest BCUT2D eigenvalue weighted by Crippen LogP contribution is -2.38. The lowest BCUT2D eigenvalue weighted by Gasteiger charge is -2.01. The second-order valence-electron chi connectivity index (χ2n) is 2.84. The summed E-state index contributed by atoms with van der Waals surface area (Å²) in [6.45, 7) is 0. The van der Waals surface area contributed by atoms with Crippen LogP contribution in [0.2, 0.25) is 0 Å². The molecule has 0 aliphatic heterocycles. The minimum absolute atomic E-state index is 0.0417. The van der Waals surface area contributed by atoms with Crippen molar-refractivity contribution in [1.82, 2.24) is 10.6 Å². The Morgan fingerprint density at radius 3 is 2.65 bits per heavy atom. The number of amides is 3. The molecule has 1 heterocycles. The van der Waals surface area contributed by atoms with Crippen LogP contribution < -0.4 is 10.6 Å². The van der Waals surface area contributed by atoms with E-state index in [9.17, 15) is 14.4 Å². The van der Waals surface area contributed by atoms with E-state index in [4.69, 9.17) is 9.52 Å². The fourth-order valence-electron chi connectivity index (χ4n) is 0.875. The molecule has 3 amide bonds. The number of imide groups is 1. The average Bonchev–Trinajstić information content (AvgIpc) is 2.75. The number of furan rings is 1. The van der Waals surface area contributed by atoms with Crippen molar-refractivity contribution in [2.75, 3.05) is 12.8 Å². The van der Waals surface area contributed by atoms with Gasteiger partial charge in [0.2, 0.25) is 11.7 Å². The number of hydrogen-bond donors (Lipinski definition) is 3. The van der Waals surface area contributed by atoms with Crippen molar-refractivity contribution in [3.8, 4) is 0 Å². The number of nitrogens with one attached hydrogen (secondary N) is 2. The van der Waals surface area contributed by atoms with E-state index in [2.05, 4.69) is 10.6 Å². The summed E-state index contributed by atoms with van der Waals surface area (Å²) in [6, 6.07) is 2.14. The maximum Gasteiger partial charge on any atom is 0.371 e. The van der Waals surface area contributed by atoms with Gasteiger partial charge in [-0.15, -0.1) is 0 Å². The van der Waals surface area contributed by atoms with Crippen molar-refractivity contribution >= 4 is 29.7 Å². The highest BCUT2D eigenvalue weighted by molar-refractivity contribution is 7.99. The number of carbonyl (C=O) groups is 3. The Bertz CT molecular complexity index is 442. The van der Waals surface area contributed by atoms with Crippen LogP contribution >= 0.6 is 11.8 Å². The second-order valence-corrected chi connectivity index (χ2v) is 3.82. The lowest BCUT2D eigenvalue weighted by atomic mass is 10.5. The zero-order chi connectivity index (χ0) is 12.8. The van der Waals surface area contributed by atoms with Gasteiger partial charge in [0.15, 0.2) is 5.09 Å². The summed E-state index contributed by atoms with van der Waals surface area (Å²) in [5.74, 6) is -1.91. The van der Waals surface area contributed by atoms with Crippen molar-refractivity contribution in [2.24, 2.45) is 0 Å². The minimum atomic E-state index is -1.17. The Labute approximate surface area is 101 Å². The fourth-order valence-corrected chi connectivity index (χ4v) is 1.53. The number of rotatable bonds is 4. The average molecular weight is 258 g/mol. The van der Waals surface area contributed by atoms with E-state index in [1.807, 2.05) is 0 Å². The molecule has 0 aliphatic rings. The van der Waals surface area contributed by atoms with Crippen molar-refractivity contribution in [3.05, 3.63) is 17.9 Å². The van der Waals surface area contributed by atoms with Crippen LogP contribution in [0.4, 0.5) is 4.79 Å². The molecule has 8 heteroatoms. The molecule has 0 unspecified atom stereocenters. The summed E-state index contributed by atoms with van der Waals surface area (Å²) >= 11 is 0.997. The first-order valence-corrected chi connectivity index (χ1v) is 5.49.